The van der Waals surface area contributed by atoms with Gasteiger partial charge in [-0.2, -0.15) is 0 Å². The van der Waals surface area contributed by atoms with Gasteiger partial charge in [-0.25, -0.2) is 0 Å². The summed E-state index contributed by atoms with van der Waals surface area (Å²) in [6.07, 6.45) is 0. The summed E-state index contributed by atoms with van der Waals surface area (Å²) in [6, 6.07) is 9.00. The number of aryl methyl sites for hydroxylation is 2. The summed E-state index contributed by atoms with van der Waals surface area (Å²) in [4.78, 5) is 30.0. The molecule has 0 aliphatic rings. The first-order valence-electron chi connectivity index (χ1n) is 7.20. The highest BCUT2D eigenvalue weighted by atomic mass is 35.5. The second-order valence-electron chi connectivity index (χ2n) is 5.54. The molecule has 0 radical (unpaired) electrons. The van der Waals surface area contributed by atoms with E-state index >= 15 is 0 Å². The topological polar surface area (TPSA) is 77.8 Å². The van der Waals surface area contributed by atoms with Crippen molar-refractivity contribution in [2.75, 3.05) is 0 Å². The highest BCUT2D eigenvalue weighted by Gasteiger charge is 2.11. The van der Waals surface area contributed by atoms with Crippen LogP contribution < -0.4 is 10.9 Å². The predicted molar refractivity (Wildman–Crippen MR) is 91.0 cm³/mol. The van der Waals surface area contributed by atoms with Gasteiger partial charge in [0.25, 0.3) is 11.5 Å². The van der Waals surface area contributed by atoms with E-state index in [1.165, 1.54) is 0 Å². The molecule has 0 bridgehead atoms. The molecule has 1 amide bonds. The van der Waals surface area contributed by atoms with Gasteiger partial charge in [-0.05, 0) is 49.7 Å². The number of rotatable bonds is 3. The number of aromatic nitrogens is 2. The second-order valence-corrected chi connectivity index (χ2v) is 5.98. The van der Waals surface area contributed by atoms with Crippen LogP contribution in [0.5, 0.6) is 0 Å². The van der Waals surface area contributed by atoms with Crippen molar-refractivity contribution in [3.05, 3.63) is 68.2 Å². The quantitative estimate of drug-likeness (QED) is 0.690. The Balaban J connectivity index is 1.80. The summed E-state index contributed by atoms with van der Waals surface area (Å²) in [6.45, 7) is 3.86. The highest BCUT2D eigenvalue weighted by Crippen LogP contribution is 2.20. The van der Waals surface area contributed by atoms with Gasteiger partial charge in [-0.15, -0.1) is 0 Å². The second kappa shape index (κ2) is 5.93. The molecule has 3 rings (SSSR count). The minimum Gasteiger partial charge on any atom is -0.351 e. The first-order chi connectivity index (χ1) is 10.9. The molecule has 0 aliphatic carbocycles. The fraction of sp³-hybridized carbons (Fsp3) is 0.176. The van der Waals surface area contributed by atoms with Crippen LogP contribution in [0.25, 0.3) is 10.9 Å². The number of aromatic amines is 2. The van der Waals surface area contributed by atoms with E-state index < -0.39 is 0 Å². The Bertz CT molecular complexity index is 956. The Morgan fingerprint density at radius 1 is 1.17 bits per heavy atom. The van der Waals surface area contributed by atoms with Crippen LogP contribution in [-0.2, 0) is 6.54 Å². The molecule has 0 unspecified atom stereocenters. The van der Waals surface area contributed by atoms with Crippen LogP contribution in [0.3, 0.4) is 0 Å². The molecule has 0 saturated carbocycles. The van der Waals surface area contributed by atoms with Crippen molar-refractivity contribution in [2.45, 2.75) is 20.4 Å². The minimum absolute atomic E-state index is 0.175. The molecule has 0 fully saturated rings. The van der Waals surface area contributed by atoms with E-state index in [-0.39, 0.29) is 18.0 Å². The first kappa shape index (κ1) is 15.4. The number of carbonyl (C=O) groups excluding carboxylic acids is 1. The molecule has 0 spiro atoms. The van der Waals surface area contributed by atoms with Crippen molar-refractivity contribution in [3.63, 3.8) is 0 Å². The van der Waals surface area contributed by atoms with Crippen molar-refractivity contribution >= 4 is 28.4 Å². The summed E-state index contributed by atoms with van der Waals surface area (Å²) in [5.41, 5.74) is 3.31. The van der Waals surface area contributed by atoms with Crippen molar-refractivity contribution in [1.82, 2.24) is 15.3 Å². The van der Waals surface area contributed by atoms with Gasteiger partial charge in [-0.1, -0.05) is 11.6 Å². The third-order valence-corrected chi connectivity index (χ3v) is 3.98. The number of carbonyl (C=O) groups is 1. The number of benzene rings is 1. The van der Waals surface area contributed by atoms with E-state index in [2.05, 4.69) is 15.3 Å². The molecule has 0 atom stereocenters. The number of halogens is 1. The third-order valence-electron chi connectivity index (χ3n) is 3.75. The maximum Gasteiger partial charge on any atom is 0.268 e. The molecular weight excluding hydrogens is 314 g/mol. The van der Waals surface area contributed by atoms with Crippen molar-refractivity contribution in [1.29, 1.82) is 0 Å². The van der Waals surface area contributed by atoms with Gasteiger partial charge in [0, 0.05) is 33.7 Å². The lowest BCUT2D eigenvalue weighted by Gasteiger charge is -2.07. The molecule has 5 nitrogen and oxygen atoms in total. The normalized spacial score (nSPS) is 10.9. The maximum atomic E-state index is 12.3. The molecule has 6 heteroatoms. The number of fused-ring (bicyclic) bond motifs is 1. The third kappa shape index (κ3) is 3.14. The van der Waals surface area contributed by atoms with Gasteiger partial charge < -0.3 is 15.3 Å². The smallest absolute Gasteiger partial charge is 0.268 e. The highest BCUT2D eigenvalue weighted by molar-refractivity contribution is 6.31. The Kier molecular flexibility index (Phi) is 3.96. The zero-order valence-electron chi connectivity index (χ0n) is 12.8. The molecule has 3 N–H and O–H groups in total. The molecule has 2 heterocycles. The van der Waals surface area contributed by atoms with E-state index in [0.717, 1.165) is 22.2 Å². The van der Waals surface area contributed by atoms with Crippen molar-refractivity contribution < 1.29 is 4.79 Å². The molecule has 23 heavy (non-hydrogen) atoms. The molecule has 1 aromatic carbocycles. The van der Waals surface area contributed by atoms with Gasteiger partial charge in [0.1, 0.15) is 5.69 Å². The average Bonchev–Trinajstić information content (AvgIpc) is 2.88. The van der Waals surface area contributed by atoms with Crippen molar-refractivity contribution in [3.8, 4) is 0 Å². The monoisotopic (exact) mass is 329 g/mol. The van der Waals surface area contributed by atoms with E-state index in [1.807, 2.05) is 26.0 Å². The lowest BCUT2D eigenvalue weighted by molar-refractivity contribution is 0.0946. The Labute approximate surface area is 137 Å². The minimum atomic E-state index is -0.267. The average molecular weight is 330 g/mol. The Morgan fingerprint density at radius 3 is 2.70 bits per heavy atom. The Hall–Kier alpha value is -2.53. The summed E-state index contributed by atoms with van der Waals surface area (Å²) >= 11 is 5.94. The molecule has 3 aromatic rings. The summed E-state index contributed by atoms with van der Waals surface area (Å²) in [5, 5.41) is 4.25. The van der Waals surface area contributed by atoms with E-state index in [4.69, 9.17) is 11.6 Å². The van der Waals surface area contributed by atoms with E-state index in [0.29, 0.717) is 16.3 Å². The fourth-order valence-electron chi connectivity index (χ4n) is 2.59. The summed E-state index contributed by atoms with van der Waals surface area (Å²) in [5.74, 6) is -0.267. The van der Waals surface area contributed by atoms with Crippen molar-refractivity contribution in [2.24, 2.45) is 0 Å². The molecule has 118 valence electrons. The molecular formula is C17H16ClN3O2. The lowest BCUT2D eigenvalue weighted by Crippen LogP contribution is -2.28. The van der Waals surface area contributed by atoms with Crippen LogP contribution in [0.4, 0.5) is 0 Å². The number of H-pyrrole nitrogens is 2. The Morgan fingerprint density at radius 2 is 1.96 bits per heavy atom. The van der Waals surface area contributed by atoms with Gasteiger partial charge in [0.2, 0.25) is 0 Å². The zero-order chi connectivity index (χ0) is 16.6. The summed E-state index contributed by atoms with van der Waals surface area (Å²) in [7, 11) is 0. The summed E-state index contributed by atoms with van der Waals surface area (Å²) < 4.78 is 0. The van der Waals surface area contributed by atoms with E-state index in [1.54, 1.807) is 18.2 Å². The number of amides is 1. The predicted octanol–water partition coefficient (Wildman–Crippen LogP) is 3.06. The fourth-order valence-corrected chi connectivity index (χ4v) is 2.77. The van der Waals surface area contributed by atoms with Crippen LogP contribution in [0.15, 0.2) is 35.1 Å². The van der Waals surface area contributed by atoms with Gasteiger partial charge in [0.15, 0.2) is 0 Å². The number of hydrogen-bond acceptors (Lipinski definition) is 2. The molecule has 0 saturated heterocycles. The molecule has 0 aliphatic heterocycles. The van der Waals surface area contributed by atoms with Crippen LogP contribution in [-0.4, -0.2) is 15.9 Å². The largest absolute Gasteiger partial charge is 0.351 e. The number of hydrogen-bond donors (Lipinski definition) is 3. The van der Waals surface area contributed by atoms with Crippen LogP contribution in [0.1, 0.15) is 27.3 Å². The van der Waals surface area contributed by atoms with Crippen LogP contribution in [0, 0.1) is 13.8 Å². The van der Waals surface area contributed by atoms with Gasteiger partial charge in [0.05, 0.1) is 0 Å². The number of nitrogens with one attached hydrogen (secondary N) is 3. The van der Waals surface area contributed by atoms with Gasteiger partial charge >= 0.3 is 0 Å². The maximum absolute atomic E-state index is 12.3. The lowest BCUT2D eigenvalue weighted by atomic mass is 10.1. The SMILES string of the molecule is Cc1cc(C)c(CNC(=O)c2cc3cc(Cl)ccc3[nH]2)c(=O)[nH]1. The first-order valence-corrected chi connectivity index (χ1v) is 7.58. The van der Waals surface area contributed by atoms with E-state index in [9.17, 15) is 9.59 Å². The van der Waals surface area contributed by atoms with Gasteiger partial charge in [-0.3, -0.25) is 9.59 Å². The van der Waals surface area contributed by atoms with Crippen LogP contribution in [0.2, 0.25) is 5.02 Å². The number of pyridine rings is 1. The van der Waals surface area contributed by atoms with Crippen LogP contribution >= 0.6 is 11.6 Å². The zero-order valence-corrected chi connectivity index (χ0v) is 13.5. The standard InChI is InChI=1S/C17H16ClN3O2/c1-9-5-10(2)20-16(22)13(9)8-19-17(23)15-7-11-6-12(18)3-4-14(11)21-15/h3-7,21H,8H2,1-2H3,(H,19,23)(H,20,22). The molecule has 2 aromatic heterocycles.